The van der Waals surface area contributed by atoms with Crippen molar-refractivity contribution in [3.63, 3.8) is 0 Å². The van der Waals surface area contributed by atoms with Gasteiger partial charge in [-0.3, -0.25) is 0 Å². The van der Waals surface area contributed by atoms with Gasteiger partial charge in [0.15, 0.2) is 0 Å². The zero-order valence-corrected chi connectivity index (χ0v) is 16.1. The van der Waals surface area contributed by atoms with Crippen molar-refractivity contribution in [2.45, 2.75) is 38.3 Å². The van der Waals surface area contributed by atoms with E-state index in [0.717, 1.165) is 18.4 Å². The molecule has 1 heterocycles. The van der Waals surface area contributed by atoms with Gasteiger partial charge in [0.2, 0.25) is 0 Å². The number of aliphatic hydroxyl groups is 1. The predicted octanol–water partition coefficient (Wildman–Crippen LogP) is 5.21. The monoisotopic (exact) mass is 393 g/mol. The molecule has 27 heavy (non-hydrogen) atoms. The summed E-state index contributed by atoms with van der Waals surface area (Å²) in [5, 5.41) is 9.50. The molecule has 1 N–H and O–H groups in total. The lowest BCUT2D eigenvalue weighted by molar-refractivity contribution is 0.00760. The Morgan fingerprint density at radius 3 is 2.41 bits per heavy atom. The molecule has 2 aromatic rings. The number of cyclic esters (lactones) is 1. The smallest absolute Gasteiger partial charge is 0.410 e. The van der Waals surface area contributed by atoms with Crippen LogP contribution in [0.15, 0.2) is 54.6 Å². The van der Waals surface area contributed by atoms with Gasteiger partial charge in [-0.1, -0.05) is 41.9 Å². The normalized spacial score (nSPS) is 17.6. The van der Waals surface area contributed by atoms with Gasteiger partial charge < -0.3 is 14.7 Å². The van der Waals surface area contributed by atoms with E-state index < -0.39 is 0 Å². The van der Waals surface area contributed by atoms with Crippen LogP contribution in [0, 0.1) is 5.82 Å². The van der Waals surface area contributed by atoms with E-state index in [4.69, 9.17) is 21.4 Å². The number of halogens is 2. The van der Waals surface area contributed by atoms with Crippen LogP contribution in [0.4, 0.5) is 9.18 Å². The second kappa shape index (κ2) is 10.9. The summed E-state index contributed by atoms with van der Waals surface area (Å²) in [4.78, 5) is 13.8. The van der Waals surface area contributed by atoms with Crippen LogP contribution in [0.5, 0.6) is 0 Å². The van der Waals surface area contributed by atoms with Gasteiger partial charge in [0.25, 0.3) is 0 Å². The molecule has 4 nitrogen and oxygen atoms in total. The predicted molar refractivity (Wildman–Crippen MR) is 104 cm³/mol. The number of carbonyl (C=O) groups excluding carboxylic acids is 1. The molecule has 6 heteroatoms. The van der Waals surface area contributed by atoms with Gasteiger partial charge in [0, 0.05) is 24.6 Å². The average molecular weight is 394 g/mol. The van der Waals surface area contributed by atoms with Crippen molar-refractivity contribution in [1.82, 2.24) is 4.90 Å². The maximum Gasteiger partial charge on any atom is 0.410 e. The Kier molecular flexibility index (Phi) is 8.55. The Labute approximate surface area is 164 Å². The summed E-state index contributed by atoms with van der Waals surface area (Å²) < 4.78 is 17.3. The molecule has 1 aliphatic rings. The molecule has 0 saturated carbocycles. The summed E-state index contributed by atoms with van der Waals surface area (Å²) in [6.45, 7) is 2.80. The minimum absolute atomic E-state index is 0.0291. The number of aliphatic hydroxyl groups excluding tert-OH is 1. The molecule has 2 unspecified atom stereocenters. The van der Waals surface area contributed by atoms with Crippen molar-refractivity contribution in [3.8, 4) is 0 Å². The fourth-order valence-corrected chi connectivity index (χ4v) is 2.98. The minimum Gasteiger partial charge on any atom is -0.446 e. The summed E-state index contributed by atoms with van der Waals surface area (Å²) in [7, 11) is 0. The molecular formula is C21H25ClFNO3. The number of amides is 1. The van der Waals surface area contributed by atoms with Gasteiger partial charge in [-0.25, -0.2) is 9.18 Å². The summed E-state index contributed by atoms with van der Waals surface area (Å²) in [6, 6.07) is 15.4. The molecular weight excluding hydrogens is 369 g/mol. The lowest BCUT2D eigenvalue weighted by Crippen LogP contribution is -2.43. The Bertz CT molecular complexity index is 696. The van der Waals surface area contributed by atoms with Crippen LogP contribution in [-0.2, 0) is 4.74 Å². The molecule has 3 rings (SSSR count). The molecule has 146 valence electrons. The van der Waals surface area contributed by atoms with E-state index in [2.05, 4.69) is 0 Å². The second-order valence-corrected chi connectivity index (χ2v) is 6.81. The molecule has 0 spiro atoms. The van der Waals surface area contributed by atoms with Gasteiger partial charge in [-0.05, 0) is 49.6 Å². The maximum atomic E-state index is 12.1. The van der Waals surface area contributed by atoms with E-state index in [0.29, 0.717) is 18.0 Å². The lowest BCUT2D eigenvalue weighted by Gasteiger charge is -2.35. The van der Waals surface area contributed by atoms with Crippen molar-refractivity contribution in [3.05, 3.63) is 71.0 Å². The first-order chi connectivity index (χ1) is 13.0. The first-order valence-electron chi connectivity index (χ1n) is 9.05. The molecule has 0 radical (unpaired) electrons. The van der Waals surface area contributed by atoms with E-state index in [1.165, 1.54) is 12.1 Å². The van der Waals surface area contributed by atoms with Crippen LogP contribution >= 0.6 is 11.6 Å². The number of carbonyl (C=O) groups is 1. The Balaban J connectivity index is 0.000000313. The number of benzene rings is 2. The van der Waals surface area contributed by atoms with Gasteiger partial charge >= 0.3 is 6.09 Å². The van der Waals surface area contributed by atoms with E-state index in [1.807, 2.05) is 31.2 Å². The van der Waals surface area contributed by atoms with Gasteiger partial charge in [-0.15, -0.1) is 0 Å². The number of rotatable bonds is 5. The molecule has 1 aliphatic heterocycles. The molecule has 1 fully saturated rings. The van der Waals surface area contributed by atoms with Crippen LogP contribution < -0.4 is 0 Å². The van der Waals surface area contributed by atoms with Crippen molar-refractivity contribution < 1.29 is 19.0 Å². The fraction of sp³-hybridized carbons (Fsp3) is 0.381. The number of ether oxygens (including phenoxy) is 1. The Morgan fingerprint density at radius 2 is 1.89 bits per heavy atom. The van der Waals surface area contributed by atoms with Crippen LogP contribution in [0.1, 0.15) is 37.8 Å². The van der Waals surface area contributed by atoms with Crippen LogP contribution in [0.3, 0.4) is 0 Å². The molecule has 0 aromatic heterocycles. The van der Waals surface area contributed by atoms with E-state index in [-0.39, 0.29) is 30.7 Å². The largest absolute Gasteiger partial charge is 0.446 e. The van der Waals surface area contributed by atoms with Gasteiger partial charge in [-0.2, -0.15) is 0 Å². The molecule has 0 bridgehead atoms. The molecule has 0 aliphatic carbocycles. The molecule has 2 atom stereocenters. The molecule has 1 saturated heterocycles. The van der Waals surface area contributed by atoms with E-state index >= 15 is 0 Å². The van der Waals surface area contributed by atoms with Gasteiger partial charge in [0.1, 0.15) is 11.9 Å². The third kappa shape index (κ3) is 6.85. The molecule has 1 amide bonds. The maximum absolute atomic E-state index is 12.1. The van der Waals surface area contributed by atoms with Crippen molar-refractivity contribution >= 4 is 17.7 Å². The van der Waals surface area contributed by atoms with E-state index in [9.17, 15) is 9.18 Å². The second-order valence-electron chi connectivity index (χ2n) is 6.38. The van der Waals surface area contributed by atoms with Gasteiger partial charge in [0.05, 0.1) is 6.04 Å². The van der Waals surface area contributed by atoms with Crippen molar-refractivity contribution in [2.75, 3.05) is 13.2 Å². The van der Waals surface area contributed by atoms with Crippen LogP contribution in [-0.4, -0.2) is 35.4 Å². The Hall–Kier alpha value is -2.11. The van der Waals surface area contributed by atoms with Crippen molar-refractivity contribution in [2.24, 2.45) is 0 Å². The van der Waals surface area contributed by atoms with Crippen molar-refractivity contribution in [1.29, 1.82) is 0 Å². The highest BCUT2D eigenvalue weighted by molar-refractivity contribution is 6.30. The summed E-state index contributed by atoms with van der Waals surface area (Å²) in [5.41, 5.74) is 1.04. The van der Waals surface area contributed by atoms with Crippen LogP contribution in [0.2, 0.25) is 5.02 Å². The van der Waals surface area contributed by atoms with E-state index in [1.54, 1.807) is 23.1 Å². The quantitative estimate of drug-likeness (QED) is 0.758. The minimum atomic E-state index is -0.276. The summed E-state index contributed by atoms with van der Waals surface area (Å²) >= 11 is 5.87. The highest BCUT2D eigenvalue weighted by Crippen LogP contribution is 2.27. The fourth-order valence-electron chi connectivity index (χ4n) is 2.85. The topological polar surface area (TPSA) is 49.8 Å². The third-order valence-corrected chi connectivity index (χ3v) is 4.68. The first kappa shape index (κ1) is 21.2. The number of hydrogen-bond acceptors (Lipinski definition) is 3. The molecule has 2 aromatic carbocycles. The third-order valence-electron chi connectivity index (χ3n) is 4.43. The van der Waals surface area contributed by atoms with Crippen LogP contribution in [0.25, 0.3) is 0 Å². The summed E-state index contributed by atoms with van der Waals surface area (Å²) in [6.07, 6.45) is 1.87. The summed E-state index contributed by atoms with van der Waals surface area (Å²) in [5.74, 6) is -0.178. The Morgan fingerprint density at radius 1 is 1.22 bits per heavy atom. The highest BCUT2D eigenvalue weighted by atomic mass is 35.5. The highest BCUT2D eigenvalue weighted by Gasteiger charge is 2.30. The standard InChI is InChI=1S/C15H20ClNO3.C6H5F/c1-11(12-4-6-13(16)7-5-12)17-9-8-14(3-2-10-18)20-15(17)19;7-6-4-2-1-3-5-6/h4-7,11,14,18H,2-3,8-10H2,1H3;1-5H. The SMILES string of the molecule is CC(c1ccc(Cl)cc1)N1CCC(CCCO)OC1=O.Fc1ccccc1. The number of hydrogen-bond donors (Lipinski definition) is 1. The zero-order chi connectivity index (χ0) is 19.6. The zero-order valence-electron chi connectivity index (χ0n) is 15.4. The first-order valence-corrected chi connectivity index (χ1v) is 9.43. The lowest BCUT2D eigenvalue weighted by atomic mass is 10.0. The number of nitrogens with zero attached hydrogens (tertiary/aromatic N) is 1. The average Bonchev–Trinajstić information content (AvgIpc) is 2.68.